The van der Waals surface area contributed by atoms with Gasteiger partial charge in [-0.15, -0.1) is 0 Å². The molecule has 0 atom stereocenters. The first-order chi connectivity index (χ1) is 9.49. The molecule has 5 heteroatoms. The molecule has 1 heterocycles. The SMILES string of the molecule is COc1c(C)cc(-c2c(Br)c(CCN)nn2C)cc1C. The second kappa shape index (κ2) is 5.97. The van der Waals surface area contributed by atoms with E-state index in [1.54, 1.807) is 7.11 Å². The standard InChI is InChI=1S/C15H20BrN3O/c1-9-7-11(8-10(2)15(9)20-4)14-13(16)12(5-6-17)18-19(14)3/h7-8H,5-6,17H2,1-4H3. The topological polar surface area (TPSA) is 53.1 Å². The molecule has 20 heavy (non-hydrogen) atoms. The Morgan fingerprint density at radius 2 is 1.90 bits per heavy atom. The summed E-state index contributed by atoms with van der Waals surface area (Å²) in [4.78, 5) is 0. The molecule has 0 unspecified atom stereocenters. The zero-order valence-electron chi connectivity index (χ0n) is 12.3. The van der Waals surface area contributed by atoms with Gasteiger partial charge in [0.25, 0.3) is 0 Å². The Morgan fingerprint density at radius 1 is 1.30 bits per heavy atom. The Balaban J connectivity index is 2.57. The maximum Gasteiger partial charge on any atom is 0.124 e. The Hall–Kier alpha value is -1.33. The summed E-state index contributed by atoms with van der Waals surface area (Å²) >= 11 is 3.65. The monoisotopic (exact) mass is 337 g/mol. The van der Waals surface area contributed by atoms with Gasteiger partial charge in [-0.05, 0) is 59.6 Å². The number of methoxy groups -OCH3 is 1. The van der Waals surface area contributed by atoms with Crippen molar-refractivity contribution in [3.63, 3.8) is 0 Å². The van der Waals surface area contributed by atoms with E-state index in [4.69, 9.17) is 10.5 Å². The summed E-state index contributed by atoms with van der Waals surface area (Å²) in [6.07, 6.45) is 0.766. The minimum atomic E-state index is 0.593. The van der Waals surface area contributed by atoms with E-state index in [1.165, 1.54) is 0 Å². The van der Waals surface area contributed by atoms with Crippen molar-refractivity contribution in [2.24, 2.45) is 12.8 Å². The summed E-state index contributed by atoms with van der Waals surface area (Å²) in [5.41, 5.74) is 11.1. The molecule has 108 valence electrons. The number of nitrogens with zero attached hydrogens (tertiary/aromatic N) is 2. The quantitative estimate of drug-likeness (QED) is 0.932. The number of hydrogen-bond acceptors (Lipinski definition) is 3. The van der Waals surface area contributed by atoms with E-state index < -0.39 is 0 Å². The maximum absolute atomic E-state index is 5.63. The van der Waals surface area contributed by atoms with Crippen LogP contribution < -0.4 is 10.5 Å². The van der Waals surface area contributed by atoms with Gasteiger partial charge in [-0.2, -0.15) is 5.10 Å². The zero-order valence-corrected chi connectivity index (χ0v) is 13.9. The first-order valence-corrected chi connectivity index (χ1v) is 7.36. The van der Waals surface area contributed by atoms with Crippen LogP contribution in [-0.2, 0) is 13.5 Å². The van der Waals surface area contributed by atoms with Gasteiger partial charge >= 0.3 is 0 Å². The third-order valence-corrected chi connectivity index (χ3v) is 4.21. The lowest BCUT2D eigenvalue weighted by molar-refractivity contribution is 0.408. The molecule has 2 rings (SSSR count). The Bertz CT molecular complexity index is 611. The summed E-state index contributed by atoms with van der Waals surface area (Å²) in [6, 6.07) is 4.25. The third-order valence-electron chi connectivity index (χ3n) is 3.37. The van der Waals surface area contributed by atoms with E-state index >= 15 is 0 Å². The van der Waals surface area contributed by atoms with E-state index in [0.717, 1.165) is 44.7 Å². The number of aryl methyl sites for hydroxylation is 3. The van der Waals surface area contributed by atoms with E-state index in [0.29, 0.717) is 6.54 Å². The van der Waals surface area contributed by atoms with Gasteiger partial charge in [0, 0.05) is 19.0 Å². The van der Waals surface area contributed by atoms with Crippen LogP contribution in [0.1, 0.15) is 16.8 Å². The minimum absolute atomic E-state index is 0.593. The molecular weight excluding hydrogens is 318 g/mol. The van der Waals surface area contributed by atoms with Crippen LogP contribution in [0.4, 0.5) is 0 Å². The molecule has 1 aromatic heterocycles. The predicted molar refractivity (Wildman–Crippen MR) is 85.1 cm³/mol. The van der Waals surface area contributed by atoms with Gasteiger partial charge < -0.3 is 10.5 Å². The van der Waals surface area contributed by atoms with Crippen LogP contribution in [0.15, 0.2) is 16.6 Å². The van der Waals surface area contributed by atoms with Crippen molar-refractivity contribution >= 4 is 15.9 Å². The highest BCUT2D eigenvalue weighted by atomic mass is 79.9. The van der Waals surface area contributed by atoms with Gasteiger partial charge in [0.1, 0.15) is 5.75 Å². The fourth-order valence-electron chi connectivity index (χ4n) is 2.57. The van der Waals surface area contributed by atoms with Gasteiger partial charge in [0.05, 0.1) is 23.0 Å². The van der Waals surface area contributed by atoms with Crippen molar-refractivity contribution in [3.05, 3.63) is 33.4 Å². The van der Waals surface area contributed by atoms with E-state index in [-0.39, 0.29) is 0 Å². The van der Waals surface area contributed by atoms with Gasteiger partial charge in [0.15, 0.2) is 0 Å². The molecule has 0 aliphatic heterocycles. The molecule has 1 aromatic carbocycles. The minimum Gasteiger partial charge on any atom is -0.496 e. The highest BCUT2D eigenvalue weighted by Crippen LogP contribution is 2.35. The van der Waals surface area contributed by atoms with Crippen molar-refractivity contribution in [2.75, 3.05) is 13.7 Å². The molecule has 2 aromatic rings. The molecule has 0 bridgehead atoms. The van der Waals surface area contributed by atoms with E-state index in [9.17, 15) is 0 Å². The van der Waals surface area contributed by atoms with Crippen LogP contribution in [0.5, 0.6) is 5.75 Å². The number of benzene rings is 1. The number of halogens is 1. The number of rotatable bonds is 4. The van der Waals surface area contributed by atoms with Crippen LogP contribution in [-0.4, -0.2) is 23.4 Å². The third kappa shape index (κ3) is 2.60. The summed E-state index contributed by atoms with van der Waals surface area (Å²) < 4.78 is 8.34. The Labute approximate surface area is 128 Å². The molecule has 0 aliphatic carbocycles. The second-order valence-electron chi connectivity index (χ2n) is 4.91. The van der Waals surface area contributed by atoms with E-state index in [2.05, 4.69) is 47.0 Å². The number of aromatic nitrogens is 2. The Kier molecular flexibility index (Phi) is 4.50. The molecule has 0 saturated heterocycles. The fourth-order valence-corrected chi connectivity index (χ4v) is 3.34. The first-order valence-electron chi connectivity index (χ1n) is 6.56. The molecule has 2 N–H and O–H groups in total. The van der Waals surface area contributed by atoms with Crippen LogP contribution >= 0.6 is 15.9 Å². The lowest BCUT2D eigenvalue weighted by Gasteiger charge is -2.12. The molecular formula is C15H20BrN3O. The van der Waals surface area contributed by atoms with E-state index in [1.807, 2.05) is 11.7 Å². The zero-order chi connectivity index (χ0) is 14.9. The highest BCUT2D eigenvalue weighted by Gasteiger charge is 2.16. The lowest BCUT2D eigenvalue weighted by Crippen LogP contribution is -2.04. The average molecular weight is 338 g/mol. The van der Waals surface area contributed by atoms with Gasteiger partial charge in [-0.1, -0.05) is 0 Å². The number of ether oxygens (including phenoxy) is 1. The van der Waals surface area contributed by atoms with Crippen LogP contribution in [0, 0.1) is 13.8 Å². The van der Waals surface area contributed by atoms with Gasteiger partial charge in [-0.3, -0.25) is 4.68 Å². The molecule has 0 fully saturated rings. The van der Waals surface area contributed by atoms with Gasteiger partial charge in [0.2, 0.25) is 0 Å². The molecule has 0 radical (unpaired) electrons. The molecule has 0 saturated carbocycles. The molecule has 4 nitrogen and oxygen atoms in total. The number of hydrogen-bond donors (Lipinski definition) is 1. The van der Waals surface area contributed by atoms with Crippen LogP contribution in [0.25, 0.3) is 11.3 Å². The van der Waals surface area contributed by atoms with Gasteiger partial charge in [-0.25, -0.2) is 0 Å². The normalized spacial score (nSPS) is 10.9. The summed E-state index contributed by atoms with van der Waals surface area (Å²) in [5, 5.41) is 4.54. The van der Waals surface area contributed by atoms with Crippen molar-refractivity contribution in [1.29, 1.82) is 0 Å². The highest BCUT2D eigenvalue weighted by molar-refractivity contribution is 9.10. The van der Waals surface area contributed by atoms with Crippen molar-refractivity contribution in [1.82, 2.24) is 9.78 Å². The van der Waals surface area contributed by atoms with Crippen molar-refractivity contribution in [3.8, 4) is 17.0 Å². The smallest absolute Gasteiger partial charge is 0.124 e. The summed E-state index contributed by atoms with van der Waals surface area (Å²) in [6.45, 7) is 4.70. The molecule has 0 spiro atoms. The van der Waals surface area contributed by atoms with Crippen LogP contribution in [0.3, 0.4) is 0 Å². The second-order valence-corrected chi connectivity index (χ2v) is 5.71. The average Bonchev–Trinajstić information content (AvgIpc) is 2.64. The van der Waals surface area contributed by atoms with Crippen molar-refractivity contribution in [2.45, 2.75) is 20.3 Å². The summed E-state index contributed by atoms with van der Waals surface area (Å²) in [5.74, 6) is 0.939. The summed E-state index contributed by atoms with van der Waals surface area (Å²) in [7, 11) is 3.66. The fraction of sp³-hybridized carbons (Fsp3) is 0.400. The maximum atomic E-state index is 5.63. The van der Waals surface area contributed by atoms with Crippen molar-refractivity contribution < 1.29 is 4.74 Å². The molecule has 0 amide bonds. The first kappa shape index (κ1) is 15.1. The largest absolute Gasteiger partial charge is 0.496 e. The lowest BCUT2D eigenvalue weighted by atomic mass is 10.0. The number of nitrogens with two attached hydrogens (primary N) is 1. The Morgan fingerprint density at radius 3 is 2.40 bits per heavy atom. The van der Waals surface area contributed by atoms with Crippen LogP contribution in [0.2, 0.25) is 0 Å². The molecule has 0 aliphatic rings. The predicted octanol–water partition coefficient (Wildman–Crippen LogP) is 2.98.